The smallest absolute Gasteiger partial charge is 0.223 e. The van der Waals surface area contributed by atoms with Crippen molar-refractivity contribution in [3.63, 3.8) is 0 Å². The molecular formula is C14H19BrN2O3. The van der Waals surface area contributed by atoms with E-state index in [1.54, 1.807) is 0 Å². The highest BCUT2D eigenvalue weighted by Gasteiger charge is 2.37. The van der Waals surface area contributed by atoms with Crippen LogP contribution in [0.1, 0.15) is 18.6 Å². The van der Waals surface area contributed by atoms with Gasteiger partial charge < -0.3 is 14.8 Å². The molecule has 0 spiro atoms. The highest BCUT2D eigenvalue weighted by atomic mass is 79.9. The van der Waals surface area contributed by atoms with Crippen LogP contribution in [0.3, 0.4) is 0 Å². The van der Waals surface area contributed by atoms with Crippen molar-refractivity contribution in [3.8, 4) is 0 Å². The summed E-state index contributed by atoms with van der Waals surface area (Å²) in [5.74, 6) is 1.36. The number of rotatable bonds is 5. The summed E-state index contributed by atoms with van der Waals surface area (Å²) in [6, 6.07) is 3.86. The molecule has 1 saturated heterocycles. The Morgan fingerprint density at radius 1 is 1.45 bits per heavy atom. The molecule has 0 radical (unpaired) electrons. The molecule has 2 heterocycles. The lowest BCUT2D eigenvalue weighted by atomic mass is 10.1. The van der Waals surface area contributed by atoms with Crippen LogP contribution in [-0.4, -0.2) is 41.7 Å². The minimum Gasteiger partial charge on any atom is -0.453 e. The molecule has 3 rings (SSSR count). The second kappa shape index (κ2) is 5.87. The predicted octanol–water partition coefficient (Wildman–Crippen LogP) is 1.36. The molecule has 2 atom stereocenters. The standard InChI is InChI=1S/C14H19BrN2O3/c15-13-4-3-11(20-13)6-17-5-10(8-18)12(7-17)16-14(19)9-1-2-9/h3-4,9-10,12,18H,1-2,5-8H2,(H,16,19)/t10-,12+/m0/s1. The lowest BCUT2D eigenvalue weighted by molar-refractivity contribution is -0.123. The van der Waals surface area contributed by atoms with E-state index in [0.29, 0.717) is 6.54 Å². The number of furan rings is 1. The van der Waals surface area contributed by atoms with Gasteiger partial charge in [-0.2, -0.15) is 0 Å². The van der Waals surface area contributed by atoms with Crippen molar-refractivity contribution in [2.75, 3.05) is 19.7 Å². The summed E-state index contributed by atoms with van der Waals surface area (Å²) in [7, 11) is 0. The van der Waals surface area contributed by atoms with Crippen LogP contribution in [0.2, 0.25) is 0 Å². The average molecular weight is 343 g/mol. The first kappa shape index (κ1) is 14.1. The third kappa shape index (κ3) is 3.24. The maximum absolute atomic E-state index is 11.9. The van der Waals surface area contributed by atoms with Gasteiger partial charge >= 0.3 is 0 Å². The van der Waals surface area contributed by atoms with E-state index in [9.17, 15) is 9.90 Å². The van der Waals surface area contributed by atoms with Crippen LogP contribution in [0, 0.1) is 11.8 Å². The van der Waals surface area contributed by atoms with Gasteiger partial charge in [0.1, 0.15) is 5.76 Å². The summed E-state index contributed by atoms with van der Waals surface area (Å²) in [6.07, 6.45) is 2.01. The van der Waals surface area contributed by atoms with E-state index in [1.165, 1.54) is 0 Å². The molecule has 0 bridgehead atoms. The lowest BCUT2D eigenvalue weighted by Crippen LogP contribution is -2.42. The minimum absolute atomic E-state index is 0.0477. The molecule has 1 aliphatic carbocycles. The number of halogens is 1. The number of nitrogens with zero attached hydrogens (tertiary/aromatic N) is 1. The largest absolute Gasteiger partial charge is 0.453 e. The zero-order valence-corrected chi connectivity index (χ0v) is 12.8. The molecule has 1 aliphatic heterocycles. The molecule has 20 heavy (non-hydrogen) atoms. The van der Waals surface area contributed by atoms with Crippen LogP contribution >= 0.6 is 15.9 Å². The summed E-state index contributed by atoms with van der Waals surface area (Å²) in [4.78, 5) is 14.1. The van der Waals surface area contributed by atoms with Crippen molar-refractivity contribution >= 4 is 21.8 Å². The minimum atomic E-state index is 0.0477. The first-order valence-electron chi connectivity index (χ1n) is 7.03. The number of nitrogens with one attached hydrogen (secondary N) is 1. The Morgan fingerprint density at radius 2 is 2.25 bits per heavy atom. The molecule has 2 fully saturated rings. The molecule has 0 aromatic carbocycles. The number of hydrogen-bond donors (Lipinski definition) is 2. The van der Waals surface area contributed by atoms with Gasteiger partial charge in [-0.1, -0.05) is 0 Å². The fourth-order valence-corrected chi connectivity index (χ4v) is 3.08. The Labute approximate surface area is 126 Å². The van der Waals surface area contributed by atoms with Crippen molar-refractivity contribution in [2.24, 2.45) is 11.8 Å². The van der Waals surface area contributed by atoms with Crippen LogP contribution < -0.4 is 5.32 Å². The van der Waals surface area contributed by atoms with Crippen molar-refractivity contribution in [1.29, 1.82) is 0 Å². The number of aliphatic hydroxyl groups is 1. The second-order valence-electron chi connectivity index (χ2n) is 5.73. The average Bonchev–Trinajstić information content (AvgIpc) is 3.10. The van der Waals surface area contributed by atoms with Gasteiger partial charge in [0.2, 0.25) is 5.91 Å². The van der Waals surface area contributed by atoms with Gasteiger partial charge in [-0.3, -0.25) is 9.69 Å². The summed E-state index contributed by atoms with van der Waals surface area (Å²) < 4.78 is 6.23. The molecule has 110 valence electrons. The Kier molecular flexibility index (Phi) is 4.14. The quantitative estimate of drug-likeness (QED) is 0.847. The fourth-order valence-electron chi connectivity index (χ4n) is 2.74. The van der Waals surface area contributed by atoms with Gasteiger partial charge in [-0.25, -0.2) is 0 Å². The molecule has 2 N–H and O–H groups in total. The van der Waals surface area contributed by atoms with Crippen LogP contribution in [0.15, 0.2) is 21.2 Å². The third-order valence-electron chi connectivity index (χ3n) is 4.04. The Morgan fingerprint density at radius 3 is 2.85 bits per heavy atom. The first-order chi connectivity index (χ1) is 9.65. The number of aliphatic hydroxyl groups excluding tert-OH is 1. The normalized spacial score (nSPS) is 26.9. The molecule has 1 aromatic heterocycles. The number of hydrogen-bond acceptors (Lipinski definition) is 4. The van der Waals surface area contributed by atoms with E-state index in [1.807, 2.05) is 12.1 Å². The van der Waals surface area contributed by atoms with Gasteiger partial charge in [0.15, 0.2) is 4.67 Å². The van der Waals surface area contributed by atoms with Crippen molar-refractivity contribution in [3.05, 3.63) is 22.6 Å². The maximum Gasteiger partial charge on any atom is 0.223 e. The SMILES string of the molecule is O=C(N[C@@H]1CN(Cc2ccc(Br)o2)C[C@H]1CO)C1CC1. The Bertz CT molecular complexity index is 487. The zero-order valence-electron chi connectivity index (χ0n) is 11.2. The molecule has 1 saturated carbocycles. The highest BCUT2D eigenvalue weighted by molar-refractivity contribution is 9.10. The molecule has 5 nitrogen and oxygen atoms in total. The van der Waals surface area contributed by atoms with E-state index in [-0.39, 0.29) is 30.4 Å². The van der Waals surface area contributed by atoms with E-state index in [4.69, 9.17) is 4.42 Å². The fraction of sp³-hybridized carbons (Fsp3) is 0.643. The monoisotopic (exact) mass is 342 g/mol. The lowest BCUT2D eigenvalue weighted by Gasteiger charge is -2.17. The predicted molar refractivity (Wildman–Crippen MR) is 76.9 cm³/mol. The summed E-state index contributed by atoms with van der Waals surface area (Å²) in [5, 5.41) is 12.6. The first-order valence-corrected chi connectivity index (χ1v) is 7.83. The Balaban J connectivity index is 1.57. The van der Waals surface area contributed by atoms with Gasteiger partial charge in [0.25, 0.3) is 0 Å². The van der Waals surface area contributed by atoms with Crippen molar-refractivity contribution in [1.82, 2.24) is 10.2 Å². The molecule has 6 heteroatoms. The van der Waals surface area contributed by atoms with E-state index in [2.05, 4.69) is 26.1 Å². The molecule has 2 aliphatic rings. The summed E-state index contributed by atoms with van der Waals surface area (Å²) in [5.41, 5.74) is 0. The van der Waals surface area contributed by atoms with Crippen LogP contribution in [0.4, 0.5) is 0 Å². The van der Waals surface area contributed by atoms with Crippen LogP contribution in [-0.2, 0) is 11.3 Å². The second-order valence-corrected chi connectivity index (χ2v) is 6.51. The van der Waals surface area contributed by atoms with Gasteiger partial charge in [0, 0.05) is 37.6 Å². The van der Waals surface area contributed by atoms with Gasteiger partial charge in [0.05, 0.1) is 6.54 Å². The molecule has 1 amide bonds. The van der Waals surface area contributed by atoms with E-state index < -0.39 is 0 Å². The number of carbonyl (C=O) groups is 1. The topological polar surface area (TPSA) is 65.7 Å². The summed E-state index contributed by atoms with van der Waals surface area (Å²) >= 11 is 3.29. The number of likely N-dealkylation sites (tertiary alicyclic amines) is 1. The molecular weight excluding hydrogens is 324 g/mol. The van der Waals surface area contributed by atoms with E-state index >= 15 is 0 Å². The van der Waals surface area contributed by atoms with Gasteiger partial charge in [-0.15, -0.1) is 0 Å². The maximum atomic E-state index is 11.9. The zero-order chi connectivity index (χ0) is 14.1. The molecule has 0 unspecified atom stereocenters. The Hall–Kier alpha value is -0.850. The third-order valence-corrected chi connectivity index (χ3v) is 4.46. The van der Waals surface area contributed by atoms with Crippen LogP contribution in [0.5, 0.6) is 0 Å². The van der Waals surface area contributed by atoms with Gasteiger partial charge in [-0.05, 0) is 40.9 Å². The van der Waals surface area contributed by atoms with Crippen LogP contribution in [0.25, 0.3) is 0 Å². The van der Waals surface area contributed by atoms with E-state index in [0.717, 1.165) is 36.4 Å². The number of amides is 1. The van der Waals surface area contributed by atoms with Crippen molar-refractivity contribution in [2.45, 2.75) is 25.4 Å². The number of carbonyl (C=O) groups excluding carboxylic acids is 1. The summed E-state index contributed by atoms with van der Waals surface area (Å²) in [6.45, 7) is 2.36. The molecule has 1 aromatic rings. The van der Waals surface area contributed by atoms with Crippen molar-refractivity contribution < 1.29 is 14.3 Å². The highest BCUT2D eigenvalue weighted by Crippen LogP contribution is 2.30.